The molecule has 3 heteroatoms. The van der Waals surface area contributed by atoms with Crippen LogP contribution in [0.1, 0.15) is 33.6 Å². The summed E-state index contributed by atoms with van der Waals surface area (Å²) in [6.07, 6.45) is 3.78. The van der Waals surface area contributed by atoms with Crippen molar-refractivity contribution >= 4 is 21.9 Å². The standard InChI is InChI=1S/C9H11BrO2.C2H6/c1-6-3-4-8(10)7(5-6)9(11)12-2;1-2/h5H,3-4H2,1-2H3;1-2H3. The zero-order valence-corrected chi connectivity index (χ0v) is 10.8. The third-order valence-electron chi connectivity index (χ3n) is 1.83. The van der Waals surface area contributed by atoms with Crippen molar-refractivity contribution in [1.82, 2.24) is 0 Å². The lowest BCUT2D eigenvalue weighted by Crippen LogP contribution is -2.07. The second-order valence-corrected chi connectivity index (χ2v) is 3.76. The molecule has 1 rings (SSSR count). The molecule has 0 N–H and O–H groups in total. The zero-order chi connectivity index (χ0) is 11.1. The molecule has 0 amide bonds. The number of allylic oxidation sites excluding steroid dienone is 2. The van der Waals surface area contributed by atoms with Crippen LogP contribution in [0.3, 0.4) is 0 Å². The van der Waals surface area contributed by atoms with E-state index in [4.69, 9.17) is 0 Å². The van der Waals surface area contributed by atoms with Crippen molar-refractivity contribution < 1.29 is 9.53 Å². The molecule has 14 heavy (non-hydrogen) atoms. The van der Waals surface area contributed by atoms with E-state index in [1.54, 1.807) is 0 Å². The van der Waals surface area contributed by atoms with Gasteiger partial charge < -0.3 is 4.74 Å². The van der Waals surface area contributed by atoms with Crippen molar-refractivity contribution in [3.63, 3.8) is 0 Å². The van der Waals surface area contributed by atoms with Crippen LogP contribution < -0.4 is 0 Å². The number of hydrogen-bond acceptors (Lipinski definition) is 2. The maximum Gasteiger partial charge on any atom is 0.338 e. The maximum absolute atomic E-state index is 11.2. The highest BCUT2D eigenvalue weighted by atomic mass is 79.9. The first-order valence-corrected chi connectivity index (χ1v) is 5.58. The van der Waals surface area contributed by atoms with Gasteiger partial charge in [-0.1, -0.05) is 35.4 Å². The molecule has 0 aromatic heterocycles. The summed E-state index contributed by atoms with van der Waals surface area (Å²) in [6.45, 7) is 6.02. The lowest BCUT2D eigenvalue weighted by atomic mass is 10.0. The number of hydrogen-bond donors (Lipinski definition) is 0. The monoisotopic (exact) mass is 260 g/mol. The third-order valence-corrected chi connectivity index (χ3v) is 2.65. The SMILES string of the molecule is CC.COC(=O)C1=C(Br)CCC(C)=C1. The number of carbonyl (C=O) groups excluding carboxylic acids is 1. The quantitative estimate of drug-likeness (QED) is 0.674. The van der Waals surface area contributed by atoms with Crippen molar-refractivity contribution in [2.24, 2.45) is 0 Å². The Hall–Kier alpha value is -0.570. The third kappa shape index (κ3) is 3.66. The second-order valence-electron chi connectivity index (χ2n) is 2.80. The van der Waals surface area contributed by atoms with Gasteiger partial charge in [0, 0.05) is 4.48 Å². The number of methoxy groups -OCH3 is 1. The number of rotatable bonds is 1. The largest absolute Gasteiger partial charge is 0.465 e. The number of ether oxygens (including phenoxy) is 1. The van der Waals surface area contributed by atoms with Crippen molar-refractivity contribution in [3.8, 4) is 0 Å². The van der Waals surface area contributed by atoms with Crippen LogP contribution in [0, 0.1) is 0 Å². The second kappa shape index (κ2) is 6.82. The van der Waals surface area contributed by atoms with Gasteiger partial charge in [0.15, 0.2) is 0 Å². The first-order chi connectivity index (χ1) is 6.65. The average molecular weight is 261 g/mol. The fraction of sp³-hybridized carbons (Fsp3) is 0.545. The van der Waals surface area contributed by atoms with E-state index in [9.17, 15) is 4.79 Å². The minimum absolute atomic E-state index is 0.263. The minimum Gasteiger partial charge on any atom is -0.465 e. The smallest absolute Gasteiger partial charge is 0.338 e. The molecule has 1 aliphatic rings. The first kappa shape index (κ1) is 13.4. The van der Waals surface area contributed by atoms with E-state index in [2.05, 4.69) is 20.7 Å². The molecule has 0 saturated heterocycles. The summed E-state index contributed by atoms with van der Waals surface area (Å²) in [5.41, 5.74) is 1.87. The fourth-order valence-corrected chi connectivity index (χ4v) is 1.59. The van der Waals surface area contributed by atoms with Gasteiger partial charge in [-0.25, -0.2) is 4.79 Å². The molecule has 0 radical (unpaired) electrons. The minimum atomic E-state index is -0.263. The Kier molecular flexibility index (Phi) is 6.54. The molecule has 0 unspecified atom stereocenters. The molecule has 0 fully saturated rings. The van der Waals surface area contributed by atoms with Crippen molar-refractivity contribution in [1.29, 1.82) is 0 Å². The van der Waals surface area contributed by atoms with E-state index >= 15 is 0 Å². The maximum atomic E-state index is 11.2. The van der Waals surface area contributed by atoms with Crippen LogP contribution in [-0.2, 0) is 9.53 Å². The Morgan fingerprint density at radius 1 is 1.43 bits per heavy atom. The number of halogens is 1. The molecule has 0 saturated carbocycles. The van der Waals surface area contributed by atoms with Gasteiger partial charge in [-0.15, -0.1) is 0 Å². The van der Waals surface area contributed by atoms with Crippen LogP contribution in [-0.4, -0.2) is 13.1 Å². The van der Waals surface area contributed by atoms with Gasteiger partial charge in [0.05, 0.1) is 12.7 Å². The normalized spacial score (nSPS) is 15.4. The highest BCUT2D eigenvalue weighted by molar-refractivity contribution is 9.11. The van der Waals surface area contributed by atoms with Gasteiger partial charge in [-0.2, -0.15) is 0 Å². The van der Waals surface area contributed by atoms with E-state index < -0.39 is 0 Å². The Morgan fingerprint density at radius 3 is 2.50 bits per heavy atom. The van der Waals surface area contributed by atoms with Crippen molar-refractivity contribution in [2.45, 2.75) is 33.6 Å². The van der Waals surface area contributed by atoms with Gasteiger partial charge in [0.25, 0.3) is 0 Å². The summed E-state index contributed by atoms with van der Waals surface area (Å²) in [4.78, 5) is 11.2. The summed E-state index contributed by atoms with van der Waals surface area (Å²) in [5, 5.41) is 0. The molecular formula is C11H17BrO2. The Balaban J connectivity index is 0.000000791. The Morgan fingerprint density at radius 2 is 2.00 bits per heavy atom. The van der Waals surface area contributed by atoms with E-state index in [0.29, 0.717) is 5.57 Å². The summed E-state index contributed by atoms with van der Waals surface area (Å²) in [7, 11) is 1.40. The molecule has 0 spiro atoms. The predicted molar refractivity (Wildman–Crippen MR) is 62.3 cm³/mol. The van der Waals surface area contributed by atoms with Crippen molar-refractivity contribution in [3.05, 3.63) is 21.7 Å². The summed E-state index contributed by atoms with van der Waals surface area (Å²) >= 11 is 3.36. The van der Waals surface area contributed by atoms with Gasteiger partial charge >= 0.3 is 5.97 Å². The van der Waals surface area contributed by atoms with Gasteiger partial charge in [0.1, 0.15) is 0 Å². The molecule has 80 valence electrons. The lowest BCUT2D eigenvalue weighted by molar-refractivity contribution is -0.135. The summed E-state index contributed by atoms with van der Waals surface area (Å²) < 4.78 is 5.58. The molecule has 1 aliphatic carbocycles. The van der Waals surface area contributed by atoms with Crippen LogP contribution in [0.5, 0.6) is 0 Å². The molecule has 0 aliphatic heterocycles. The molecular weight excluding hydrogens is 244 g/mol. The van der Waals surface area contributed by atoms with E-state index in [-0.39, 0.29) is 5.97 Å². The Labute approximate surface area is 94.2 Å². The molecule has 0 atom stereocenters. The topological polar surface area (TPSA) is 26.3 Å². The highest BCUT2D eigenvalue weighted by Crippen LogP contribution is 2.28. The molecule has 0 bridgehead atoms. The van der Waals surface area contributed by atoms with Gasteiger partial charge in [-0.05, 0) is 25.8 Å². The Bertz CT molecular complexity index is 264. The molecule has 0 aromatic carbocycles. The van der Waals surface area contributed by atoms with Crippen LogP contribution in [0.2, 0.25) is 0 Å². The zero-order valence-electron chi connectivity index (χ0n) is 9.19. The molecule has 0 heterocycles. The van der Waals surface area contributed by atoms with Crippen LogP contribution in [0.25, 0.3) is 0 Å². The van der Waals surface area contributed by atoms with Gasteiger partial charge in [-0.3, -0.25) is 0 Å². The first-order valence-electron chi connectivity index (χ1n) is 4.79. The molecule has 2 nitrogen and oxygen atoms in total. The lowest BCUT2D eigenvalue weighted by Gasteiger charge is -2.12. The van der Waals surface area contributed by atoms with Crippen molar-refractivity contribution in [2.75, 3.05) is 7.11 Å². The number of carbonyl (C=O) groups is 1. The summed E-state index contributed by atoms with van der Waals surface area (Å²) in [6, 6.07) is 0. The molecule has 0 aromatic rings. The van der Waals surface area contributed by atoms with Crippen LogP contribution >= 0.6 is 15.9 Å². The summed E-state index contributed by atoms with van der Waals surface area (Å²) in [5.74, 6) is -0.263. The van der Waals surface area contributed by atoms with Gasteiger partial charge in [0.2, 0.25) is 0 Å². The van der Waals surface area contributed by atoms with E-state index in [1.165, 1.54) is 12.7 Å². The average Bonchev–Trinajstić information content (AvgIpc) is 2.23. The van der Waals surface area contributed by atoms with Crippen LogP contribution in [0.4, 0.5) is 0 Å². The van der Waals surface area contributed by atoms with Crippen LogP contribution in [0.15, 0.2) is 21.7 Å². The fourth-order valence-electron chi connectivity index (χ4n) is 1.12. The van der Waals surface area contributed by atoms with E-state index in [1.807, 2.05) is 26.8 Å². The number of esters is 1. The predicted octanol–water partition coefficient (Wildman–Crippen LogP) is 3.57. The highest BCUT2D eigenvalue weighted by Gasteiger charge is 2.15. The van der Waals surface area contributed by atoms with E-state index in [0.717, 1.165) is 17.3 Å².